The molecule has 2 unspecified atom stereocenters. The number of carboxylic acids is 1. The van der Waals surface area contributed by atoms with E-state index in [4.69, 9.17) is 20.3 Å². The summed E-state index contributed by atoms with van der Waals surface area (Å²) in [5, 5.41) is 9.08. The molecule has 0 amide bonds. The number of rotatable bonds is 8. The van der Waals surface area contributed by atoms with Gasteiger partial charge in [0.05, 0.1) is 7.11 Å². The summed E-state index contributed by atoms with van der Waals surface area (Å²) in [4.78, 5) is 11.1. The van der Waals surface area contributed by atoms with Crippen LogP contribution in [0.15, 0.2) is 18.2 Å². The van der Waals surface area contributed by atoms with E-state index in [2.05, 4.69) is 0 Å². The highest BCUT2D eigenvalue weighted by atomic mass is 16.5. The number of benzene rings is 1. The Labute approximate surface area is 119 Å². The predicted octanol–water partition coefficient (Wildman–Crippen LogP) is 2.22. The molecule has 0 aromatic heterocycles. The van der Waals surface area contributed by atoms with Gasteiger partial charge in [-0.2, -0.15) is 0 Å². The van der Waals surface area contributed by atoms with Crippen LogP contribution in [0.25, 0.3) is 0 Å². The van der Waals surface area contributed by atoms with Crippen LogP contribution in [0.3, 0.4) is 0 Å². The van der Waals surface area contributed by atoms with E-state index >= 15 is 0 Å². The average Bonchev–Trinajstić information content (AvgIpc) is 2.45. The smallest absolute Gasteiger partial charge is 0.344 e. The maximum absolute atomic E-state index is 11.1. The fourth-order valence-electron chi connectivity index (χ4n) is 1.85. The molecule has 0 aliphatic rings. The van der Waals surface area contributed by atoms with E-state index in [1.165, 1.54) is 0 Å². The number of carboxylic acid groups (broad SMARTS) is 1. The Balaban J connectivity index is 3.01. The summed E-state index contributed by atoms with van der Waals surface area (Å²) in [5.41, 5.74) is 6.85. The highest BCUT2D eigenvalue weighted by molar-refractivity contribution is 5.72. The molecular weight excluding hydrogens is 258 g/mol. The highest BCUT2D eigenvalue weighted by Gasteiger charge is 2.19. The third-order valence-electron chi connectivity index (χ3n) is 3.19. The molecule has 0 bridgehead atoms. The lowest BCUT2D eigenvalue weighted by Crippen LogP contribution is -2.27. The monoisotopic (exact) mass is 281 g/mol. The molecule has 0 aliphatic heterocycles. The first kappa shape index (κ1) is 16.3. The highest BCUT2D eigenvalue weighted by Crippen LogP contribution is 2.27. The van der Waals surface area contributed by atoms with Crippen molar-refractivity contribution in [3.05, 3.63) is 23.8 Å². The Morgan fingerprint density at radius 3 is 2.55 bits per heavy atom. The van der Waals surface area contributed by atoms with Gasteiger partial charge in [-0.25, -0.2) is 4.79 Å². The quantitative estimate of drug-likeness (QED) is 0.763. The molecule has 2 atom stereocenters. The first-order chi connectivity index (χ1) is 9.51. The van der Waals surface area contributed by atoms with E-state index in [0.717, 1.165) is 12.0 Å². The molecule has 0 heterocycles. The minimum atomic E-state index is -0.964. The minimum Gasteiger partial charge on any atom is -0.497 e. The number of nitrogens with two attached hydrogens (primary N) is 1. The summed E-state index contributed by atoms with van der Waals surface area (Å²) in [6.45, 7) is 3.79. The van der Waals surface area contributed by atoms with Gasteiger partial charge in [-0.05, 0) is 43.0 Å². The van der Waals surface area contributed by atoms with Crippen molar-refractivity contribution in [2.75, 3.05) is 7.11 Å². The SMILES string of the molecule is CCC(N)Cc1cc(OC)ccc1OC(CC)C(=O)O. The molecule has 112 valence electrons. The van der Waals surface area contributed by atoms with Gasteiger partial charge in [0, 0.05) is 6.04 Å². The van der Waals surface area contributed by atoms with Crippen LogP contribution in [0, 0.1) is 0 Å². The zero-order valence-corrected chi connectivity index (χ0v) is 12.3. The van der Waals surface area contributed by atoms with Crippen molar-refractivity contribution < 1.29 is 19.4 Å². The first-order valence-electron chi connectivity index (χ1n) is 6.83. The maximum Gasteiger partial charge on any atom is 0.344 e. The van der Waals surface area contributed by atoms with Gasteiger partial charge in [-0.1, -0.05) is 13.8 Å². The summed E-state index contributed by atoms with van der Waals surface area (Å²) in [7, 11) is 1.59. The third kappa shape index (κ3) is 4.42. The van der Waals surface area contributed by atoms with Crippen LogP contribution in [-0.4, -0.2) is 30.3 Å². The van der Waals surface area contributed by atoms with Gasteiger partial charge in [-0.15, -0.1) is 0 Å². The molecule has 0 saturated heterocycles. The number of carbonyl (C=O) groups is 1. The minimum absolute atomic E-state index is 0.00867. The van der Waals surface area contributed by atoms with Crippen LogP contribution < -0.4 is 15.2 Å². The van der Waals surface area contributed by atoms with E-state index in [0.29, 0.717) is 24.3 Å². The van der Waals surface area contributed by atoms with Crippen LogP contribution in [0.2, 0.25) is 0 Å². The molecule has 0 spiro atoms. The number of hydrogen-bond acceptors (Lipinski definition) is 4. The number of hydrogen-bond donors (Lipinski definition) is 2. The number of methoxy groups -OCH3 is 1. The van der Waals surface area contributed by atoms with E-state index < -0.39 is 12.1 Å². The second-order valence-corrected chi connectivity index (χ2v) is 4.70. The van der Waals surface area contributed by atoms with E-state index in [-0.39, 0.29) is 6.04 Å². The Kier molecular flexibility index (Phi) is 6.31. The fraction of sp³-hybridized carbons (Fsp3) is 0.533. The molecule has 0 fully saturated rings. The lowest BCUT2D eigenvalue weighted by molar-refractivity contribution is -0.145. The van der Waals surface area contributed by atoms with E-state index in [1.54, 1.807) is 26.2 Å². The van der Waals surface area contributed by atoms with Crippen LogP contribution in [-0.2, 0) is 11.2 Å². The van der Waals surface area contributed by atoms with Crippen molar-refractivity contribution in [1.82, 2.24) is 0 Å². The second kappa shape index (κ2) is 7.75. The Hall–Kier alpha value is -1.75. The van der Waals surface area contributed by atoms with Crippen molar-refractivity contribution in [3.8, 4) is 11.5 Å². The third-order valence-corrected chi connectivity index (χ3v) is 3.19. The summed E-state index contributed by atoms with van der Waals surface area (Å²) in [5.74, 6) is 0.303. The second-order valence-electron chi connectivity index (χ2n) is 4.70. The van der Waals surface area contributed by atoms with Gasteiger partial charge in [0.15, 0.2) is 6.10 Å². The summed E-state index contributed by atoms with van der Waals surface area (Å²) >= 11 is 0. The average molecular weight is 281 g/mol. The molecule has 1 rings (SSSR count). The van der Waals surface area contributed by atoms with Crippen LogP contribution in [0.1, 0.15) is 32.3 Å². The predicted molar refractivity (Wildman–Crippen MR) is 77.3 cm³/mol. The van der Waals surface area contributed by atoms with E-state index in [9.17, 15) is 4.79 Å². The Bertz CT molecular complexity index is 447. The largest absolute Gasteiger partial charge is 0.497 e. The van der Waals surface area contributed by atoms with Crippen LogP contribution >= 0.6 is 0 Å². The molecule has 1 aromatic rings. The molecule has 0 aliphatic carbocycles. The lowest BCUT2D eigenvalue weighted by Gasteiger charge is -2.18. The zero-order chi connectivity index (χ0) is 15.1. The molecule has 3 N–H and O–H groups in total. The van der Waals surface area contributed by atoms with Crippen molar-refractivity contribution in [2.45, 2.75) is 45.3 Å². The molecule has 5 nitrogen and oxygen atoms in total. The zero-order valence-electron chi connectivity index (χ0n) is 12.3. The number of ether oxygens (including phenoxy) is 2. The lowest BCUT2D eigenvalue weighted by atomic mass is 10.0. The van der Waals surface area contributed by atoms with Gasteiger partial charge in [0.25, 0.3) is 0 Å². The van der Waals surface area contributed by atoms with Crippen molar-refractivity contribution in [2.24, 2.45) is 5.73 Å². The molecule has 5 heteroatoms. The molecular formula is C15H23NO4. The van der Waals surface area contributed by atoms with Gasteiger partial charge in [0.1, 0.15) is 11.5 Å². The summed E-state index contributed by atoms with van der Waals surface area (Å²) < 4.78 is 10.8. The van der Waals surface area contributed by atoms with Gasteiger partial charge >= 0.3 is 5.97 Å². The van der Waals surface area contributed by atoms with Gasteiger partial charge < -0.3 is 20.3 Å². The topological polar surface area (TPSA) is 81.8 Å². The van der Waals surface area contributed by atoms with Crippen LogP contribution in [0.5, 0.6) is 11.5 Å². The summed E-state index contributed by atoms with van der Waals surface area (Å²) in [6.07, 6.45) is 1.02. The van der Waals surface area contributed by atoms with Crippen molar-refractivity contribution in [1.29, 1.82) is 0 Å². The Morgan fingerprint density at radius 1 is 1.35 bits per heavy atom. The van der Waals surface area contributed by atoms with Gasteiger partial charge in [-0.3, -0.25) is 0 Å². The summed E-state index contributed by atoms with van der Waals surface area (Å²) in [6, 6.07) is 5.35. The standard InChI is InChI=1S/C15H23NO4/c1-4-11(16)8-10-9-12(19-3)6-7-14(10)20-13(5-2)15(17)18/h6-7,9,11,13H,4-5,8,16H2,1-3H3,(H,17,18). The van der Waals surface area contributed by atoms with Gasteiger partial charge in [0.2, 0.25) is 0 Å². The van der Waals surface area contributed by atoms with E-state index in [1.807, 2.05) is 13.0 Å². The normalized spacial score (nSPS) is 13.6. The van der Waals surface area contributed by atoms with Crippen molar-refractivity contribution in [3.63, 3.8) is 0 Å². The molecule has 0 radical (unpaired) electrons. The molecule has 0 saturated carbocycles. The van der Waals surface area contributed by atoms with Crippen molar-refractivity contribution >= 4 is 5.97 Å². The molecule has 1 aromatic carbocycles. The number of aliphatic carboxylic acids is 1. The molecule has 20 heavy (non-hydrogen) atoms. The maximum atomic E-state index is 11.1. The Morgan fingerprint density at radius 2 is 2.05 bits per heavy atom. The fourth-order valence-corrected chi connectivity index (χ4v) is 1.85. The first-order valence-corrected chi connectivity index (χ1v) is 6.83. The van der Waals surface area contributed by atoms with Crippen LogP contribution in [0.4, 0.5) is 0 Å².